The summed E-state index contributed by atoms with van der Waals surface area (Å²) in [6, 6.07) is 16.2. The molecule has 1 atom stereocenters. The molecule has 0 aromatic heterocycles. The highest BCUT2D eigenvalue weighted by Gasteiger charge is 2.11. The molecule has 0 fully saturated rings. The molecule has 1 unspecified atom stereocenters. The maximum atomic E-state index is 12.2. The minimum Gasteiger partial charge on any atom is -0.346 e. The third-order valence-corrected chi connectivity index (χ3v) is 3.79. The predicted octanol–water partition coefficient (Wildman–Crippen LogP) is 4.68. The van der Waals surface area contributed by atoms with Crippen LogP contribution in [0.2, 0.25) is 0 Å². The van der Waals surface area contributed by atoms with Crippen LogP contribution in [0, 0.1) is 12.8 Å². The highest BCUT2D eigenvalue weighted by molar-refractivity contribution is 5.94. The van der Waals surface area contributed by atoms with E-state index in [0.29, 0.717) is 11.5 Å². The normalized spacial score (nSPS) is 12.2. The van der Waals surface area contributed by atoms with E-state index in [0.717, 1.165) is 17.5 Å². The third kappa shape index (κ3) is 4.45. The molecule has 1 amide bonds. The van der Waals surface area contributed by atoms with Gasteiger partial charge in [0.2, 0.25) is 0 Å². The first-order valence-corrected chi connectivity index (χ1v) is 7.92. The van der Waals surface area contributed by atoms with Gasteiger partial charge in [-0.25, -0.2) is 0 Å². The average molecular weight is 295 g/mol. The van der Waals surface area contributed by atoms with Crippen LogP contribution in [0.15, 0.2) is 48.5 Å². The minimum absolute atomic E-state index is 0.00176. The fourth-order valence-corrected chi connectivity index (χ4v) is 2.48. The average Bonchev–Trinajstić information content (AvgIpc) is 2.48. The Morgan fingerprint density at radius 2 is 1.55 bits per heavy atom. The summed E-state index contributed by atoms with van der Waals surface area (Å²) in [4.78, 5) is 12.2. The molecule has 116 valence electrons. The molecule has 0 aliphatic heterocycles. The first-order valence-electron chi connectivity index (χ1n) is 7.92. The minimum atomic E-state index is -0.0289. The fourth-order valence-electron chi connectivity index (χ4n) is 2.48. The van der Waals surface area contributed by atoms with Gasteiger partial charge >= 0.3 is 0 Å². The molecule has 2 aromatic rings. The number of carbonyl (C=O) groups is 1. The second-order valence-electron chi connectivity index (χ2n) is 6.40. The number of aryl methyl sites for hydroxylation is 1. The van der Waals surface area contributed by atoms with Crippen molar-refractivity contribution in [2.24, 2.45) is 5.92 Å². The van der Waals surface area contributed by atoms with Gasteiger partial charge in [-0.1, -0.05) is 55.8 Å². The van der Waals surface area contributed by atoms with E-state index >= 15 is 0 Å². The van der Waals surface area contributed by atoms with Crippen molar-refractivity contribution in [2.45, 2.75) is 40.2 Å². The van der Waals surface area contributed by atoms with Crippen molar-refractivity contribution in [3.8, 4) is 0 Å². The summed E-state index contributed by atoms with van der Waals surface area (Å²) in [5.74, 6) is 0.628. The van der Waals surface area contributed by atoms with Gasteiger partial charge in [0.05, 0.1) is 6.04 Å². The van der Waals surface area contributed by atoms with Crippen LogP contribution >= 0.6 is 0 Å². The molecule has 2 nitrogen and oxygen atoms in total. The van der Waals surface area contributed by atoms with Gasteiger partial charge in [0.25, 0.3) is 5.91 Å². The molecule has 2 heteroatoms. The van der Waals surface area contributed by atoms with Crippen LogP contribution in [0.3, 0.4) is 0 Å². The third-order valence-electron chi connectivity index (χ3n) is 3.79. The summed E-state index contributed by atoms with van der Waals surface area (Å²) in [7, 11) is 0. The Balaban J connectivity index is 2.00. The van der Waals surface area contributed by atoms with Gasteiger partial charge in [-0.2, -0.15) is 0 Å². The van der Waals surface area contributed by atoms with E-state index in [4.69, 9.17) is 0 Å². The number of rotatable bonds is 5. The molecule has 0 aliphatic rings. The molecule has 22 heavy (non-hydrogen) atoms. The first kappa shape index (κ1) is 16.3. The van der Waals surface area contributed by atoms with Gasteiger partial charge in [-0.3, -0.25) is 4.79 Å². The molecule has 0 saturated heterocycles. The summed E-state index contributed by atoms with van der Waals surface area (Å²) >= 11 is 0. The van der Waals surface area contributed by atoms with Crippen molar-refractivity contribution in [3.63, 3.8) is 0 Å². The van der Waals surface area contributed by atoms with Crippen molar-refractivity contribution < 1.29 is 4.79 Å². The van der Waals surface area contributed by atoms with Crippen molar-refractivity contribution >= 4 is 5.91 Å². The zero-order chi connectivity index (χ0) is 16.1. The molecule has 2 rings (SSSR count). The van der Waals surface area contributed by atoms with E-state index in [1.807, 2.05) is 38.1 Å². The summed E-state index contributed by atoms with van der Waals surface area (Å²) in [6.07, 6.45) is 1.09. The zero-order valence-electron chi connectivity index (χ0n) is 13.9. The molecule has 0 spiro atoms. The lowest BCUT2D eigenvalue weighted by atomic mass is 10.00. The van der Waals surface area contributed by atoms with E-state index in [1.54, 1.807) is 0 Å². The SMILES string of the molecule is Cc1ccc(C(=O)NC(C)c2ccc(CC(C)C)cc2)cc1. The van der Waals surface area contributed by atoms with Crippen LogP contribution in [-0.2, 0) is 6.42 Å². The molecular weight excluding hydrogens is 270 g/mol. The maximum Gasteiger partial charge on any atom is 0.251 e. The topological polar surface area (TPSA) is 29.1 Å². The van der Waals surface area contributed by atoms with Gasteiger partial charge in [-0.15, -0.1) is 0 Å². The first-order chi connectivity index (χ1) is 10.5. The number of hydrogen-bond donors (Lipinski definition) is 1. The molecule has 0 aliphatic carbocycles. The number of carbonyl (C=O) groups excluding carboxylic acids is 1. The Morgan fingerprint density at radius 3 is 2.09 bits per heavy atom. The lowest BCUT2D eigenvalue weighted by Crippen LogP contribution is -2.26. The second kappa shape index (κ2) is 7.26. The van der Waals surface area contributed by atoms with Gasteiger partial charge in [-0.05, 0) is 49.4 Å². The molecule has 0 heterocycles. The van der Waals surface area contributed by atoms with E-state index in [2.05, 4.69) is 43.4 Å². The van der Waals surface area contributed by atoms with Crippen molar-refractivity contribution in [2.75, 3.05) is 0 Å². The van der Waals surface area contributed by atoms with Crippen LogP contribution < -0.4 is 5.32 Å². The van der Waals surface area contributed by atoms with Crippen LogP contribution in [0.5, 0.6) is 0 Å². The molecule has 0 bridgehead atoms. The van der Waals surface area contributed by atoms with Crippen molar-refractivity contribution in [1.29, 1.82) is 0 Å². The summed E-state index contributed by atoms with van der Waals surface area (Å²) in [5, 5.41) is 3.05. The highest BCUT2D eigenvalue weighted by atomic mass is 16.1. The lowest BCUT2D eigenvalue weighted by molar-refractivity contribution is 0.0940. The van der Waals surface area contributed by atoms with E-state index in [1.165, 1.54) is 5.56 Å². The van der Waals surface area contributed by atoms with Gasteiger partial charge in [0.1, 0.15) is 0 Å². The molecule has 2 aromatic carbocycles. The Hall–Kier alpha value is -2.09. The van der Waals surface area contributed by atoms with Gasteiger partial charge in [0.15, 0.2) is 0 Å². The standard InChI is InChI=1S/C20H25NO/c1-14(2)13-17-7-11-18(12-8-17)16(4)21-20(22)19-9-5-15(3)6-10-19/h5-12,14,16H,13H2,1-4H3,(H,21,22). The Bertz CT molecular complexity index is 611. The van der Waals surface area contributed by atoms with Crippen LogP contribution in [0.4, 0.5) is 0 Å². The lowest BCUT2D eigenvalue weighted by Gasteiger charge is -2.15. The predicted molar refractivity (Wildman–Crippen MR) is 92.0 cm³/mol. The monoisotopic (exact) mass is 295 g/mol. The smallest absolute Gasteiger partial charge is 0.251 e. The summed E-state index contributed by atoms with van der Waals surface area (Å²) < 4.78 is 0. The highest BCUT2D eigenvalue weighted by Crippen LogP contribution is 2.16. The molecule has 0 radical (unpaired) electrons. The molecule has 1 N–H and O–H groups in total. The van der Waals surface area contributed by atoms with Crippen LogP contribution in [0.25, 0.3) is 0 Å². The van der Waals surface area contributed by atoms with Crippen LogP contribution in [0.1, 0.15) is 53.9 Å². The molecular formula is C20H25NO. The van der Waals surface area contributed by atoms with Gasteiger partial charge < -0.3 is 5.32 Å². The Kier molecular flexibility index (Phi) is 5.37. The van der Waals surface area contributed by atoms with Crippen molar-refractivity contribution in [3.05, 3.63) is 70.8 Å². The molecule has 0 saturated carbocycles. The Labute approximate surface area is 133 Å². The van der Waals surface area contributed by atoms with Crippen molar-refractivity contribution in [1.82, 2.24) is 5.32 Å². The zero-order valence-corrected chi connectivity index (χ0v) is 13.9. The van der Waals surface area contributed by atoms with E-state index in [-0.39, 0.29) is 11.9 Å². The summed E-state index contributed by atoms with van der Waals surface area (Å²) in [5.41, 5.74) is 4.34. The van der Waals surface area contributed by atoms with E-state index < -0.39 is 0 Å². The Morgan fingerprint density at radius 1 is 0.955 bits per heavy atom. The second-order valence-corrected chi connectivity index (χ2v) is 6.40. The quantitative estimate of drug-likeness (QED) is 0.852. The largest absolute Gasteiger partial charge is 0.346 e. The number of benzene rings is 2. The summed E-state index contributed by atoms with van der Waals surface area (Å²) in [6.45, 7) is 8.48. The number of nitrogens with one attached hydrogen (secondary N) is 1. The van der Waals surface area contributed by atoms with Gasteiger partial charge in [0, 0.05) is 5.56 Å². The maximum absolute atomic E-state index is 12.2. The van der Waals surface area contributed by atoms with Crippen LogP contribution in [-0.4, -0.2) is 5.91 Å². The fraction of sp³-hybridized carbons (Fsp3) is 0.350. The number of hydrogen-bond acceptors (Lipinski definition) is 1. The number of amides is 1. The van der Waals surface area contributed by atoms with E-state index in [9.17, 15) is 4.79 Å².